The molecule has 1 saturated carbocycles. The first-order valence-corrected chi connectivity index (χ1v) is 10.9. The maximum atomic E-state index is 12.6. The Balaban J connectivity index is 1.80. The van der Waals surface area contributed by atoms with Gasteiger partial charge in [-0.2, -0.15) is 0 Å². The third-order valence-electron chi connectivity index (χ3n) is 5.93. The number of halogens is 3. The summed E-state index contributed by atoms with van der Waals surface area (Å²) in [6.07, 6.45) is 0.625. The summed E-state index contributed by atoms with van der Waals surface area (Å²) >= 11 is 0. The number of alkyl halides is 3. The SMILES string of the molecule is C=CC(NCc1cc(-c2ccc(OC(F)(F)F)cc2)c2cccnc2c1C(O)CO)=C1CCC1. The molecule has 5 nitrogen and oxygen atoms in total. The molecule has 0 spiro atoms. The maximum absolute atomic E-state index is 12.6. The van der Waals surface area contributed by atoms with Crippen molar-refractivity contribution in [1.82, 2.24) is 10.3 Å². The molecule has 0 aliphatic heterocycles. The van der Waals surface area contributed by atoms with Gasteiger partial charge in [-0.15, -0.1) is 13.2 Å². The van der Waals surface area contributed by atoms with Gasteiger partial charge in [0, 0.05) is 29.4 Å². The lowest BCUT2D eigenvalue weighted by Gasteiger charge is -2.23. The number of hydrogen-bond donors (Lipinski definition) is 3. The number of aliphatic hydroxyl groups is 2. The number of rotatable bonds is 8. The van der Waals surface area contributed by atoms with E-state index >= 15 is 0 Å². The van der Waals surface area contributed by atoms with Crippen LogP contribution < -0.4 is 10.1 Å². The van der Waals surface area contributed by atoms with Gasteiger partial charge in [0.2, 0.25) is 0 Å². The minimum Gasteiger partial charge on any atom is -0.406 e. The molecule has 0 saturated heterocycles. The van der Waals surface area contributed by atoms with Crippen LogP contribution in [0.3, 0.4) is 0 Å². The minimum atomic E-state index is -4.77. The highest BCUT2D eigenvalue weighted by molar-refractivity contribution is 5.97. The summed E-state index contributed by atoms with van der Waals surface area (Å²) in [6, 6.07) is 11.1. The molecular formula is C26H25F3N2O3. The zero-order valence-electron chi connectivity index (χ0n) is 18.4. The van der Waals surface area contributed by atoms with Gasteiger partial charge in [-0.1, -0.05) is 24.8 Å². The van der Waals surface area contributed by atoms with Crippen molar-refractivity contribution >= 4 is 10.9 Å². The van der Waals surface area contributed by atoms with Gasteiger partial charge in [-0.05, 0) is 71.9 Å². The van der Waals surface area contributed by atoms with Crippen LogP contribution >= 0.6 is 0 Å². The first kappa shape index (κ1) is 23.8. The maximum Gasteiger partial charge on any atom is 0.573 e. The predicted molar refractivity (Wildman–Crippen MR) is 124 cm³/mol. The first-order valence-electron chi connectivity index (χ1n) is 10.9. The molecule has 0 amide bonds. The Morgan fingerprint density at radius 2 is 1.94 bits per heavy atom. The van der Waals surface area contributed by atoms with E-state index in [4.69, 9.17) is 0 Å². The molecule has 2 aromatic carbocycles. The Morgan fingerprint density at radius 1 is 1.21 bits per heavy atom. The van der Waals surface area contributed by atoms with Crippen LogP contribution in [-0.4, -0.2) is 28.2 Å². The van der Waals surface area contributed by atoms with Crippen molar-refractivity contribution in [3.05, 3.63) is 83.7 Å². The predicted octanol–water partition coefficient (Wildman–Crippen LogP) is 5.54. The molecule has 1 aromatic heterocycles. The van der Waals surface area contributed by atoms with Crippen molar-refractivity contribution < 1.29 is 28.1 Å². The second kappa shape index (κ2) is 9.87. The molecule has 1 atom stereocenters. The van der Waals surface area contributed by atoms with Gasteiger partial charge in [0.25, 0.3) is 0 Å². The quantitative estimate of drug-likeness (QED) is 0.403. The summed E-state index contributed by atoms with van der Waals surface area (Å²) in [5, 5.41) is 24.4. The van der Waals surface area contributed by atoms with Crippen LogP contribution in [0.5, 0.6) is 5.75 Å². The fraction of sp³-hybridized carbons (Fsp3) is 0.269. The lowest BCUT2D eigenvalue weighted by molar-refractivity contribution is -0.274. The number of aromatic nitrogens is 1. The number of nitrogens with zero attached hydrogens (tertiary/aromatic N) is 1. The average Bonchev–Trinajstić information content (AvgIpc) is 2.78. The van der Waals surface area contributed by atoms with Crippen LogP contribution in [0.15, 0.2) is 72.6 Å². The van der Waals surface area contributed by atoms with Crippen molar-refractivity contribution in [3.63, 3.8) is 0 Å². The van der Waals surface area contributed by atoms with Gasteiger partial charge in [-0.3, -0.25) is 4.98 Å². The van der Waals surface area contributed by atoms with Gasteiger partial charge >= 0.3 is 6.36 Å². The minimum absolute atomic E-state index is 0.310. The van der Waals surface area contributed by atoms with Crippen LogP contribution in [0, 0.1) is 0 Å². The van der Waals surface area contributed by atoms with Crippen LogP contribution in [0.25, 0.3) is 22.0 Å². The van der Waals surface area contributed by atoms with Gasteiger partial charge in [-0.25, -0.2) is 0 Å². The standard InChI is InChI=1S/C26H25F3N2O3/c1-2-22(17-5-3-6-17)31-14-18-13-21(16-8-10-19(11-9-16)34-26(27,28)29)20-7-4-12-30-25(20)24(18)23(33)15-32/h2,4,7-13,23,31-33H,1,3,5-6,14-15H2. The van der Waals surface area contributed by atoms with Crippen molar-refractivity contribution in [2.24, 2.45) is 0 Å². The molecule has 178 valence electrons. The molecule has 3 aromatic rings. The average molecular weight is 470 g/mol. The Bertz CT molecular complexity index is 1210. The molecule has 1 aliphatic rings. The highest BCUT2D eigenvalue weighted by Crippen LogP contribution is 2.36. The zero-order chi connectivity index (χ0) is 24.3. The Morgan fingerprint density at radius 3 is 2.53 bits per heavy atom. The van der Waals surface area contributed by atoms with Gasteiger partial charge in [0.1, 0.15) is 11.9 Å². The number of allylic oxidation sites excluding steroid dienone is 2. The first-order chi connectivity index (χ1) is 16.3. The Labute approximate surface area is 195 Å². The molecule has 1 unspecified atom stereocenters. The summed E-state index contributed by atoms with van der Waals surface area (Å²) in [5.74, 6) is -0.310. The second-order valence-electron chi connectivity index (χ2n) is 8.10. The molecule has 34 heavy (non-hydrogen) atoms. The summed E-state index contributed by atoms with van der Waals surface area (Å²) in [7, 11) is 0. The van der Waals surface area contributed by atoms with E-state index in [2.05, 4.69) is 21.6 Å². The van der Waals surface area contributed by atoms with E-state index in [9.17, 15) is 23.4 Å². The molecule has 0 bridgehead atoms. The lowest BCUT2D eigenvalue weighted by atomic mass is 9.89. The molecular weight excluding hydrogens is 445 g/mol. The van der Waals surface area contributed by atoms with Gasteiger partial charge in [0.05, 0.1) is 12.1 Å². The smallest absolute Gasteiger partial charge is 0.406 e. The van der Waals surface area contributed by atoms with Crippen LogP contribution in [0.2, 0.25) is 0 Å². The molecule has 4 rings (SSSR count). The topological polar surface area (TPSA) is 74.6 Å². The largest absolute Gasteiger partial charge is 0.573 e. The summed E-state index contributed by atoms with van der Waals surface area (Å²) in [4.78, 5) is 4.47. The molecule has 1 aliphatic carbocycles. The number of pyridine rings is 1. The number of fused-ring (bicyclic) bond motifs is 1. The third-order valence-corrected chi connectivity index (χ3v) is 5.93. The van der Waals surface area contributed by atoms with E-state index in [1.165, 1.54) is 17.7 Å². The highest BCUT2D eigenvalue weighted by atomic mass is 19.4. The van der Waals surface area contributed by atoms with E-state index in [0.29, 0.717) is 28.6 Å². The van der Waals surface area contributed by atoms with Crippen LogP contribution in [0.1, 0.15) is 36.5 Å². The van der Waals surface area contributed by atoms with Gasteiger partial charge < -0.3 is 20.3 Å². The van der Waals surface area contributed by atoms with E-state index in [1.54, 1.807) is 30.5 Å². The number of ether oxygens (including phenoxy) is 1. The normalized spacial score (nSPS) is 14.4. The lowest BCUT2D eigenvalue weighted by Crippen LogP contribution is -2.19. The van der Waals surface area contributed by atoms with E-state index in [-0.39, 0.29) is 5.75 Å². The van der Waals surface area contributed by atoms with Gasteiger partial charge in [0.15, 0.2) is 0 Å². The van der Waals surface area contributed by atoms with E-state index in [0.717, 1.165) is 36.1 Å². The van der Waals surface area contributed by atoms with Crippen LogP contribution in [0.4, 0.5) is 13.2 Å². The highest BCUT2D eigenvalue weighted by Gasteiger charge is 2.31. The summed E-state index contributed by atoms with van der Waals surface area (Å²) < 4.78 is 41.6. The number of nitrogens with one attached hydrogen (secondary N) is 1. The monoisotopic (exact) mass is 470 g/mol. The fourth-order valence-corrected chi connectivity index (χ4v) is 4.16. The van der Waals surface area contributed by atoms with Crippen molar-refractivity contribution in [2.75, 3.05) is 6.61 Å². The number of benzene rings is 2. The van der Waals surface area contributed by atoms with Crippen molar-refractivity contribution in [3.8, 4) is 16.9 Å². The molecule has 1 heterocycles. The molecule has 1 fully saturated rings. The van der Waals surface area contributed by atoms with Crippen molar-refractivity contribution in [1.29, 1.82) is 0 Å². The molecule has 0 radical (unpaired) electrons. The second-order valence-corrected chi connectivity index (χ2v) is 8.10. The Kier molecular flexibility index (Phi) is 6.90. The number of hydrogen-bond acceptors (Lipinski definition) is 5. The third kappa shape index (κ3) is 5.08. The number of aliphatic hydroxyl groups excluding tert-OH is 2. The zero-order valence-corrected chi connectivity index (χ0v) is 18.4. The molecule has 8 heteroatoms. The summed E-state index contributed by atoms with van der Waals surface area (Å²) in [6.45, 7) is 3.76. The molecule has 3 N–H and O–H groups in total. The van der Waals surface area contributed by atoms with E-state index in [1.807, 2.05) is 12.1 Å². The van der Waals surface area contributed by atoms with Crippen molar-refractivity contribution in [2.45, 2.75) is 38.3 Å². The Hall–Kier alpha value is -3.36. The van der Waals surface area contributed by atoms with Crippen LogP contribution in [-0.2, 0) is 6.54 Å². The fourth-order valence-electron chi connectivity index (χ4n) is 4.16. The summed E-state index contributed by atoms with van der Waals surface area (Å²) in [5.41, 5.74) is 5.39. The van der Waals surface area contributed by atoms with E-state index < -0.39 is 19.1 Å².